The van der Waals surface area contributed by atoms with Crippen molar-refractivity contribution in [1.82, 2.24) is 15.2 Å². The van der Waals surface area contributed by atoms with Crippen LogP contribution in [0.4, 0.5) is 5.00 Å². The average Bonchev–Trinajstić information content (AvgIpc) is 3.02. The van der Waals surface area contributed by atoms with Crippen LogP contribution in [-0.4, -0.2) is 42.7 Å². The molecule has 0 aromatic carbocycles. The van der Waals surface area contributed by atoms with Gasteiger partial charge in [0.05, 0.1) is 22.6 Å². The van der Waals surface area contributed by atoms with Gasteiger partial charge in [-0.05, 0) is 12.5 Å². The van der Waals surface area contributed by atoms with Crippen LogP contribution < -0.4 is 10.3 Å². The summed E-state index contributed by atoms with van der Waals surface area (Å²) in [6.07, 6.45) is 5.82. The second-order valence-electron chi connectivity index (χ2n) is 5.06. The lowest BCUT2D eigenvalue weighted by Crippen LogP contribution is -2.42. The zero-order valence-corrected chi connectivity index (χ0v) is 14.6. The Morgan fingerprint density at radius 1 is 1.40 bits per heavy atom. The van der Waals surface area contributed by atoms with Crippen LogP contribution in [0.15, 0.2) is 36.2 Å². The molecule has 0 fully saturated rings. The minimum Gasteiger partial charge on any atom is -0.346 e. The molecular formula is C13H14N4O6S2. The van der Waals surface area contributed by atoms with Gasteiger partial charge in [-0.2, -0.15) is 0 Å². The van der Waals surface area contributed by atoms with Crippen molar-refractivity contribution in [2.75, 3.05) is 12.8 Å². The summed E-state index contributed by atoms with van der Waals surface area (Å²) in [6, 6.07) is 2.64. The third kappa shape index (κ3) is 5.48. The molecule has 0 spiro atoms. The summed E-state index contributed by atoms with van der Waals surface area (Å²) in [4.78, 5) is 37.7. The maximum absolute atomic E-state index is 12.2. The number of carbonyl (C=O) groups excluding carboxylic acids is 2. The molecule has 1 aliphatic rings. The highest BCUT2D eigenvalue weighted by Gasteiger charge is 2.19. The lowest BCUT2D eigenvalue weighted by atomic mass is 10.1. The molecule has 134 valence electrons. The number of Topliss-reactive ketones (excluding diaryl/α,β-unsaturated/α-hetero) is 1. The first kappa shape index (κ1) is 18.8. The Morgan fingerprint density at radius 3 is 2.72 bits per heavy atom. The maximum Gasteiger partial charge on any atom is 0.324 e. The van der Waals surface area contributed by atoms with E-state index in [-0.39, 0.29) is 34.2 Å². The molecule has 0 aliphatic carbocycles. The van der Waals surface area contributed by atoms with Crippen LogP contribution in [0.2, 0.25) is 0 Å². The predicted molar refractivity (Wildman–Crippen MR) is 90.0 cm³/mol. The lowest BCUT2D eigenvalue weighted by molar-refractivity contribution is -0.380. The maximum atomic E-state index is 12.2. The summed E-state index contributed by atoms with van der Waals surface area (Å²) < 4.78 is 21.9. The normalized spacial score (nSPS) is 14.1. The van der Waals surface area contributed by atoms with Crippen LogP contribution >= 0.6 is 11.3 Å². The largest absolute Gasteiger partial charge is 0.346 e. The molecule has 0 atom stereocenters. The van der Waals surface area contributed by atoms with Gasteiger partial charge in [-0.3, -0.25) is 25.1 Å². The van der Waals surface area contributed by atoms with Crippen LogP contribution in [0.1, 0.15) is 16.1 Å². The van der Waals surface area contributed by atoms with Crippen LogP contribution in [0.5, 0.6) is 0 Å². The first-order chi connectivity index (χ1) is 11.7. The van der Waals surface area contributed by atoms with Gasteiger partial charge in [-0.15, -0.1) is 4.83 Å². The van der Waals surface area contributed by atoms with E-state index in [0.29, 0.717) is 0 Å². The molecule has 25 heavy (non-hydrogen) atoms. The molecule has 2 N–H and O–H groups in total. The molecular weight excluding hydrogens is 372 g/mol. The Hall–Kier alpha value is -2.57. The average molecular weight is 386 g/mol. The highest BCUT2D eigenvalue weighted by atomic mass is 32.2. The van der Waals surface area contributed by atoms with Gasteiger partial charge < -0.3 is 4.90 Å². The number of amides is 1. The van der Waals surface area contributed by atoms with Gasteiger partial charge in [0.1, 0.15) is 0 Å². The Morgan fingerprint density at radius 2 is 2.12 bits per heavy atom. The van der Waals surface area contributed by atoms with Crippen LogP contribution in [0.3, 0.4) is 0 Å². The molecule has 1 aliphatic heterocycles. The summed E-state index contributed by atoms with van der Waals surface area (Å²) >= 11 is 0.780. The number of thiophene rings is 1. The fraction of sp³-hybridized carbons (Fsp3) is 0.231. The molecule has 0 unspecified atom stereocenters. The number of hydrogen-bond acceptors (Lipinski definition) is 8. The number of hydrogen-bond donors (Lipinski definition) is 2. The van der Waals surface area contributed by atoms with Crippen LogP contribution in [0.25, 0.3) is 0 Å². The Labute approximate surface area is 147 Å². The van der Waals surface area contributed by atoms with Gasteiger partial charge in [0.15, 0.2) is 5.78 Å². The third-order valence-corrected chi connectivity index (χ3v) is 4.52. The topological polar surface area (TPSA) is 139 Å². The van der Waals surface area contributed by atoms with E-state index in [1.165, 1.54) is 23.2 Å². The van der Waals surface area contributed by atoms with E-state index < -0.39 is 20.9 Å². The molecule has 0 bridgehead atoms. The van der Waals surface area contributed by atoms with Crippen molar-refractivity contribution in [3.05, 3.63) is 51.2 Å². The third-order valence-electron chi connectivity index (χ3n) is 2.97. The van der Waals surface area contributed by atoms with Crippen molar-refractivity contribution in [1.29, 1.82) is 0 Å². The summed E-state index contributed by atoms with van der Waals surface area (Å²) in [5.41, 5.74) is 2.30. The minimum atomic E-state index is -3.58. The van der Waals surface area contributed by atoms with E-state index in [2.05, 4.69) is 5.43 Å². The van der Waals surface area contributed by atoms with Crippen molar-refractivity contribution in [3.63, 3.8) is 0 Å². The van der Waals surface area contributed by atoms with Gasteiger partial charge in [0.2, 0.25) is 10.0 Å². The Kier molecular flexibility index (Phi) is 5.66. The fourth-order valence-electron chi connectivity index (χ4n) is 1.90. The predicted octanol–water partition coefficient (Wildman–Crippen LogP) is 0.523. The molecule has 12 heteroatoms. The van der Waals surface area contributed by atoms with Gasteiger partial charge >= 0.3 is 5.00 Å². The van der Waals surface area contributed by atoms with E-state index in [9.17, 15) is 28.1 Å². The summed E-state index contributed by atoms with van der Waals surface area (Å²) in [5, 5.41) is 10.5. The van der Waals surface area contributed by atoms with E-state index >= 15 is 0 Å². The van der Waals surface area contributed by atoms with E-state index in [1.54, 1.807) is 12.3 Å². The SMILES string of the molecule is CS(=O)(=O)NNC(=O)C1=CN(CC(=O)c2ccc([N+](=O)[O-])s2)C=CC1. The van der Waals surface area contributed by atoms with Gasteiger partial charge in [-0.25, -0.2) is 8.42 Å². The highest BCUT2D eigenvalue weighted by molar-refractivity contribution is 7.88. The number of nitrogens with one attached hydrogen (secondary N) is 2. The van der Waals surface area contributed by atoms with Crippen molar-refractivity contribution in [2.45, 2.75) is 6.42 Å². The van der Waals surface area contributed by atoms with Gasteiger partial charge in [0.25, 0.3) is 5.91 Å². The molecule has 10 nitrogen and oxygen atoms in total. The molecule has 2 rings (SSSR count). The standard InChI is InChI=1S/C13H14N4O6S2/c1-25(22,23)15-14-13(19)9-3-2-6-16(7-9)8-10(18)11-4-5-12(24-11)17(20)21/h2,4-7,15H,3,8H2,1H3,(H,14,19). The van der Waals surface area contributed by atoms with Crippen molar-refractivity contribution in [2.24, 2.45) is 0 Å². The second kappa shape index (κ2) is 7.55. The number of allylic oxidation sites excluding steroid dienone is 1. The zero-order valence-electron chi connectivity index (χ0n) is 13.0. The molecule has 1 aromatic rings. The summed E-state index contributed by atoms with van der Waals surface area (Å²) in [6.45, 7) is -0.107. The smallest absolute Gasteiger partial charge is 0.324 e. The van der Waals surface area contributed by atoms with Crippen molar-refractivity contribution < 1.29 is 22.9 Å². The fourth-order valence-corrected chi connectivity index (χ4v) is 2.93. The number of sulfonamides is 1. The van der Waals surface area contributed by atoms with Crippen molar-refractivity contribution >= 4 is 38.1 Å². The molecule has 0 radical (unpaired) electrons. The minimum absolute atomic E-state index is 0.107. The number of hydrazine groups is 1. The summed E-state index contributed by atoms with van der Waals surface area (Å²) in [7, 11) is -3.58. The number of carbonyl (C=O) groups is 2. The zero-order chi connectivity index (χ0) is 18.6. The molecule has 0 saturated heterocycles. The molecule has 1 amide bonds. The molecule has 1 aromatic heterocycles. The number of nitro groups is 1. The lowest BCUT2D eigenvalue weighted by Gasteiger charge is -2.20. The highest BCUT2D eigenvalue weighted by Crippen LogP contribution is 2.24. The quantitative estimate of drug-likeness (QED) is 0.396. The molecule has 0 saturated carbocycles. The van der Waals surface area contributed by atoms with E-state index in [4.69, 9.17) is 0 Å². The Balaban J connectivity index is 2.01. The second-order valence-corrected chi connectivity index (χ2v) is 7.87. The van der Waals surface area contributed by atoms with E-state index in [1.807, 2.05) is 4.83 Å². The van der Waals surface area contributed by atoms with Gasteiger partial charge in [-0.1, -0.05) is 17.4 Å². The number of ketones is 1. The van der Waals surface area contributed by atoms with Gasteiger partial charge in [0, 0.05) is 24.0 Å². The Bertz CT molecular complexity index is 871. The number of nitrogens with zero attached hydrogens (tertiary/aromatic N) is 2. The monoisotopic (exact) mass is 386 g/mol. The summed E-state index contributed by atoms with van der Waals surface area (Å²) in [5.74, 6) is -0.978. The van der Waals surface area contributed by atoms with Crippen LogP contribution in [-0.2, 0) is 14.8 Å². The number of rotatable bonds is 7. The van der Waals surface area contributed by atoms with Crippen LogP contribution in [0, 0.1) is 10.1 Å². The first-order valence-electron chi connectivity index (χ1n) is 6.83. The van der Waals surface area contributed by atoms with Crippen molar-refractivity contribution in [3.8, 4) is 0 Å². The van der Waals surface area contributed by atoms with E-state index in [0.717, 1.165) is 17.6 Å². The molecule has 2 heterocycles. The first-order valence-corrected chi connectivity index (χ1v) is 9.54.